The number of fused-ring (bicyclic) bond motifs is 1. The van der Waals surface area contributed by atoms with Crippen LogP contribution < -0.4 is 10.6 Å². The molecule has 8 nitrogen and oxygen atoms in total. The predicted octanol–water partition coefficient (Wildman–Crippen LogP) is 0.798. The van der Waals surface area contributed by atoms with Crippen LogP contribution in [0.3, 0.4) is 0 Å². The maximum atomic E-state index is 13.9. The maximum Gasteiger partial charge on any atom is 0.254 e. The standard InChI is InChI=1S/C17H19FN6O2/c1-22-9-10(18)7-11(17(22)26)13-3-2-5-23(13)14-4-6-24-16(21-14)12(8-20-24)15(19)25/h4,6-9,13,17,26H,2-3,5H2,1H3,(H2,19,25)/t13-,17?/m1/s1. The number of hydrogen-bond acceptors (Lipinski definition) is 6. The second-order valence-corrected chi connectivity index (χ2v) is 6.53. The molecule has 2 aromatic rings. The van der Waals surface area contributed by atoms with Crippen molar-refractivity contribution >= 4 is 17.4 Å². The first-order valence-corrected chi connectivity index (χ1v) is 8.35. The summed E-state index contributed by atoms with van der Waals surface area (Å²) in [6, 6.07) is 1.61. The summed E-state index contributed by atoms with van der Waals surface area (Å²) in [5, 5.41) is 14.5. The molecule has 2 aliphatic heterocycles. The fourth-order valence-corrected chi connectivity index (χ4v) is 3.62. The number of likely N-dealkylation sites (N-methyl/N-ethyl adjacent to an activating group) is 1. The number of carbonyl (C=O) groups is 1. The van der Waals surface area contributed by atoms with E-state index in [1.54, 1.807) is 19.3 Å². The molecule has 1 amide bonds. The Morgan fingerprint density at radius 3 is 3.04 bits per heavy atom. The zero-order chi connectivity index (χ0) is 18.4. The first kappa shape index (κ1) is 16.5. The van der Waals surface area contributed by atoms with E-state index in [2.05, 4.69) is 10.1 Å². The van der Waals surface area contributed by atoms with Crippen LogP contribution in [-0.4, -0.2) is 56.4 Å². The van der Waals surface area contributed by atoms with Crippen LogP contribution in [0.1, 0.15) is 23.2 Å². The quantitative estimate of drug-likeness (QED) is 0.842. The molecular weight excluding hydrogens is 339 g/mol. The molecule has 4 rings (SSSR count). The number of aliphatic hydroxyl groups excluding tert-OH is 1. The molecule has 0 spiro atoms. The minimum Gasteiger partial charge on any atom is -0.370 e. The number of hydrogen-bond donors (Lipinski definition) is 2. The van der Waals surface area contributed by atoms with Crippen molar-refractivity contribution in [3.63, 3.8) is 0 Å². The Morgan fingerprint density at radius 1 is 1.46 bits per heavy atom. The molecule has 0 radical (unpaired) electrons. The highest BCUT2D eigenvalue weighted by molar-refractivity contribution is 5.98. The van der Waals surface area contributed by atoms with Gasteiger partial charge in [0.15, 0.2) is 11.9 Å². The Balaban J connectivity index is 1.73. The maximum absolute atomic E-state index is 13.9. The van der Waals surface area contributed by atoms with E-state index in [-0.39, 0.29) is 11.6 Å². The number of nitrogens with zero attached hydrogens (tertiary/aromatic N) is 5. The fourth-order valence-electron chi connectivity index (χ4n) is 3.62. The van der Waals surface area contributed by atoms with Crippen LogP contribution in [0.25, 0.3) is 5.65 Å². The number of nitrogens with two attached hydrogens (primary N) is 1. The summed E-state index contributed by atoms with van der Waals surface area (Å²) in [6.07, 6.45) is 6.52. The second kappa shape index (κ2) is 6.10. The molecule has 0 aliphatic carbocycles. The molecule has 2 atom stereocenters. The molecule has 1 fully saturated rings. The summed E-state index contributed by atoms with van der Waals surface area (Å²) in [4.78, 5) is 19.6. The van der Waals surface area contributed by atoms with Gasteiger partial charge in [0.1, 0.15) is 17.2 Å². The van der Waals surface area contributed by atoms with Crippen LogP contribution in [0.15, 0.2) is 42.1 Å². The lowest BCUT2D eigenvalue weighted by atomic mass is 10.00. The van der Waals surface area contributed by atoms with Gasteiger partial charge in [0.2, 0.25) is 0 Å². The zero-order valence-corrected chi connectivity index (χ0v) is 14.2. The largest absolute Gasteiger partial charge is 0.370 e. The third-order valence-electron chi connectivity index (χ3n) is 4.87. The van der Waals surface area contributed by atoms with E-state index in [9.17, 15) is 14.3 Å². The van der Waals surface area contributed by atoms with E-state index in [0.717, 1.165) is 12.8 Å². The number of rotatable bonds is 3. The predicted molar refractivity (Wildman–Crippen MR) is 92.9 cm³/mol. The first-order valence-electron chi connectivity index (χ1n) is 8.35. The van der Waals surface area contributed by atoms with Crippen molar-refractivity contribution < 1.29 is 14.3 Å². The topological polar surface area (TPSA) is 100.0 Å². The molecule has 0 saturated carbocycles. The minimum atomic E-state index is -0.889. The molecule has 2 aromatic heterocycles. The van der Waals surface area contributed by atoms with Crippen molar-refractivity contribution in [2.45, 2.75) is 25.1 Å². The number of amides is 1. The molecule has 1 saturated heterocycles. The molecule has 3 N–H and O–H groups in total. The smallest absolute Gasteiger partial charge is 0.254 e. The Bertz CT molecular complexity index is 936. The Hall–Kier alpha value is -2.94. The van der Waals surface area contributed by atoms with Gasteiger partial charge in [-0.2, -0.15) is 5.10 Å². The summed E-state index contributed by atoms with van der Waals surface area (Å²) < 4.78 is 15.4. The van der Waals surface area contributed by atoms with Gasteiger partial charge in [-0.3, -0.25) is 4.79 Å². The third kappa shape index (κ3) is 2.60. The van der Waals surface area contributed by atoms with Crippen LogP contribution in [0.2, 0.25) is 0 Å². The Kier molecular flexibility index (Phi) is 3.87. The van der Waals surface area contributed by atoms with E-state index in [0.29, 0.717) is 23.6 Å². The van der Waals surface area contributed by atoms with Crippen molar-refractivity contribution in [2.75, 3.05) is 18.5 Å². The number of halogens is 1. The van der Waals surface area contributed by atoms with Crippen LogP contribution in [0, 0.1) is 0 Å². The Morgan fingerprint density at radius 2 is 2.27 bits per heavy atom. The molecule has 4 heterocycles. The normalized spacial score (nSPS) is 23.3. The van der Waals surface area contributed by atoms with Crippen molar-refractivity contribution in [2.24, 2.45) is 5.73 Å². The summed E-state index contributed by atoms with van der Waals surface area (Å²) in [6.45, 7) is 0.715. The minimum absolute atomic E-state index is 0.179. The van der Waals surface area contributed by atoms with Crippen molar-refractivity contribution in [1.29, 1.82) is 0 Å². The van der Waals surface area contributed by atoms with Gasteiger partial charge in [0.25, 0.3) is 5.91 Å². The lowest BCUT2D eigenvalue weighted by molar-refractivity contribution is 0.0778. The molecule has 26 heavy (non-hydrogen) atoms. The van der Waals surface area contributed by atoms with Gasteiger partial charge in [0.05, 0.1) is 12.2 Å². The monoisotopic (exact) mass is 358 g/mol. The summed E-state index contributed by atoms with van der Waals surface area (Å²) in [7, 11) is 1.63. The highest BCUT2D eigenvalue weighted by atomic mass is 19.1. The van der Waals surface area contributed by atoms with Crippen LogP contribution in [0.5, 0.6) is 0 Å². The van der Waals surface area contributed by atoms with Gasteiger partial charge < -0.3 is 20.6 Å². The zero-order valence-electron chi connectivity index (χ0n) is 14.2. The second-order valence-electron chi connectivity index (χ2n) is 6.53. The lowest BCUT2D eigenvalue weighted by Crippen LogP contribution is -2.41. The molecule has 0 bridgehead atoms. The summed E-state index contributed by atoms with van der Waals surface area (Å²) in [5.41, 5.74) is 6.59. The van der Waals surface area contributed by atoms with Crippen LogP contribution in [-0.2, 0) is 0 Å². The highest BCUT2D eigenvalue weighted by Gasteiger charge is 2.35. The molecule has 2 aliphatic rings. The van der Waals surface area contributed by atoms with E-state index >= 15 is 0 Å². The number of aromatic nitrogens is 3. The van der Waals surface area contributed by atoms with Crippen molar-refractivity contribution in [1.82, 2.24) is 19.5 Å². The summed E-state index contributed by atoms with van der Waals surface area (Å²) >= 11 is 0. The van der Waals surface area contributed by atoms with E-state index in [1.165, 1.54) is 27.9 Å². The molecular formula is C17H19FN6O2. The molecule has 9 heteroatoms. The van der Waals surface area contributed by atoms with E-state index in [4.69, 9.17) is 5.73 Å². The number of primary amides is 1. The van der Waals surface area contributed by atoms with Crippen molar-refractivity contribution in [3.8, 4) is 0 Å². The van der Waals surface area contributed by atoms with Crippen molar-refractivity contribution in [3.05, 3.63) is 47.7 Å². The molecule has 136 valence electrons. The summed E-state index contributed by atoms with van der Waals surface area (Å²) in [5.74, 6) is -0.356. The van der Waals surface area contributed by atoms with E-state index in [1.807, 2.05) is 4.90 Å². The van der Waals surface area contributed by atoms with Gasteiger partial charge in [-0.05, 0) is 25.0 Å². The van der Waals surface area contributed by atoms with Gasteiger partial charge in [-0.25, -0.2) is 13.9 Å². The average Bonchev–Trinajstić information content (AvgIpc) is 3.24. The van der Waals surface area contributed by atoms with Gasteiger partial charge in [0, 0.05) is 31.6 Å². The lowest BCUT2D eigenvalue weighted by Gasteiger charge is -2.35. The van der Waals surface area contributed by atoms with Gasteiger partial charge in [-0.15, -0.1) is 0 Å². The van der Waals surface area contributed by atoms with E-state index < -0.39 is 18.0 Å². The van der Waals surface area contributed by atoms with Crippen LogP contribution in [0.4, 0.5) is 10.2 Å². The number of anilines is 1. The number of allylic oxidation sites excluding steroid dienone is 2. The van der Waals surface area contributed by atoms with Crippen LogP contribution >= 0.6 is 0 Å². The number of aliphatic hydroxyl groups is 1. The third-order valence-corrected chi connectivity index (χ3v) is 4.87. The fraction of sp³-hybridized carbons (Fsp3) is 0.353. The number of carbonyl (C=O) groups excluding carboxylic acids is 1. The molecule has 1 unspecified atom stereocenters. The SMILES string of the molecule is CN1C=C(F)C=C([C@H]2CCCN2c2ccn3ncc(C(N)=O)c3n2)C1O. The van der Waals surface area contributed by atoms with Gasteiger partial charge >= 0.3 is 0 Å². The Labute approximate surface area is 149 Å². The van der Waals surface area contributed by atoms with Gasteiger partial charge in [-0.1, -0.05) is 0 Å². The molecule has 0 aromatic carbocycles. The highest BCUT2D eigenvalue weighted by Crippen LogP contribution is 2.33. The average molecular weight is 358 g/mol. The first-order chi connectivity index (χ1) is 12.5.